The molecule has 0 fully saturated rings. The summed E-state index contributed by atoms with van der Waals surface area (Å²) in [4.78, 5) is 19.7. The maximum absolute atomic E-state index is 10.7. The normalized spacial score (nSPS) is 10.8. The Morgan fingerprint density at radius 3 is 2.89 bits per heavy atom. The molecule has 19 heavy (non-hydrogen) atoms. The Morgan fingerprint density at radius 1 is 1.47 bits per heavy atom. The van der Waals surface area contributed by atoms with Gasteiger partial charge in [0, 0.05) is 25.2 Å². The summed E-state index contributed by atoms with van der Waals surface area (Å²) < 4.78 is 0. The average molecular weight is 264 g/mol. The number of nitrogens with one attached hydrogen (secondary N) is 1. The second kappa shape index (κ2) is 5.66. The average Bonchev–Trinajstić information content (AvgIpc) is 2.80. The Labute approximate surface area is 110 Å². The molecule has 1 aromatic heterocycles. The molecule has 102 valence electrons. The van der Waals surface area contributed by atoms with Crippen LogP contribution in [-0.2, 0) is 0 Å². The number of aromatic amines is 1. The molecular weight excluding hydrogens is 248 g/mol. The van der Waals surface area contributed by atoms with E-state index in [2.05, 4.69) is 9.97 Å². The van der Waals surface area contributed by atoms with Crippen LogP contribution in [0.15, 0.2) is 18.2 Å². The van der Waals surface area contributed by atoms with Crippen molar-refractivity contribution in [3.8, 4) is 0 Å². The van der Waals surface area contributed by atoms with Gasteiger partial charge < -0.3 is 15.0 Å². The summed E-state index contributed by atoms with van der Waals surface area (Å²) in [6, 6.07) is 4.52. The molecule has 2 rings (SSSR count). The molecule has 0 unspecified atom stereocenters. The lowest BCUT2D eigenvalue weighted by atomic mass is 10.3. The minimum Gasteiger partial charge on any atom is -0.395 e. The van der Waals surface area contributed by atoms with Gasteiger partial charge in [0.25, 0.3) is 5.69 Å². The number of nitro groups is 1. The van der Waals surface area contributed by atoms with Gasteiger partial charge in [-0.25, -0.2) is 4.98 Å². The van der Waals surface area contributed by atoms with Crippen molar-refractivity contribution >= 4 is 22.7 Å². The molecule has 0 aliphatic carbocycles. The molecule has 0 bridgehead atoms. The van der Waals surface area contributed by atoms with Crippen molar-refractivity contribution in [3.63, 3.8) is 0 Å². The highest BCUT2D eigenvalue weighted by Gasteiger charge is 2.13. The van der Waals surface area contributed by atoms with Crippen molar-refractivity contribution in [3.05, 3.63) is 28.3 Å². The molecule has 2 aromatic rings. The van der Waals surface area contributed by atoms with Crippen LogP contribution in [0.25, 0.3) is 11.0 Å². The van der Waals surface area contributed by atoms with Crippen LogP contribution in [0.5, 0.6) is 0 Å². The Bertz CT molecular complexity index is 575. The topological polar surface area (TPSA) is 95.3 Å². The number of hydrogen-bond donors (Lipinski definition) is 2. The minimum absolute atomic E-state index is 0.0342. The van der Waals surface area contributed by atoms with Crippen LogP contribution in [0.1, 0.15) is 13.3 Å². The summed E-state index contributed by atoms with van der Waals surface area (Å²) in [5.41, 5.74) is 1.34. The van der Waals surface area contributed by atoms with Crippen molar-refractivity contribution in [2.45, 2.75) is 13.3 Å². The fraction of sp³-hybridized carbons (Fsp3) is 0.417. The van der Waals surface area contributed by atoms with Gasteiger partial charge in [0.1, 0.15) is 0 Å². The van der Waals surface area contributed by atoms with E-state index in [4.69, 9.17) is 5.11 Å². The summed E-state index contributed by atoms with van der Waals surface area (Å²) in [7, 11) is 0. The molecule has 7 heteroatoms. The summed E-state index contributed by atoms with van der Waals surface area (Å²) in [5.74, 6) is 0.631. The van der Waals surface area contributed by atoms with E-state index in [0.717, 1.165) is 13.0 Å². The van der Waals surface area contributed by atoms with E-state index < -0.39 is 4.92 Å². The van der Waals surface area contributed by atoms with Crippen LogP contribution in [0.3, 0.4) is 0 Å². The molecule has 1 aromatic carbocycles. The van der Waals surface area contributed by atoms with E-state index in [1.807, 2.05) is 11.8 Å². The fourth-order valence-electron chi connectivity index (χ4n) is 1.96. The number of H-pyrrole nitrogens is 1. The second-order valence-electron chi connectivity index (χ2n) is 4.23. The maximum atomic E-state index is 10.7. The lowest BCUT2D eigenvalue weighted by Crippen LogP contribution is -2.28. The number of hydrogen-bond acceptors (Lipinski definition) is 5. The predicted molar refractivity (Wildman–Crippen MR) is 72.3 cm³/mol. The fourth-order valence-corrected chi connectivity index (χ4v) is 1.96. The molecule has 1 heterocycles. The van der Waals surface area contributed by atoms with Crippen LogP contribution in [0.4, 0.5) is 11.6 Å². The number of non-ortho nitro benzene ring substituents is 1. The van der Waals surface area contributed by atoms with E-state index in [1.165, 1.54) is 12.1 Å². The van der Waals surface area contributed by atoms with Gasteiger partial charge in [-0.2, -0.15) is 0 Å². The Balaban J connectivity index is 2.36. The first-order valence-corrected chi connectivity index (χ1v) is 6.15. The zero-order valence-corrected chi connectivity index (χ0v) is 10.7. The number of aromatic nitrogens is 2. The standard InChI is InChI=1S/C12H16N4O3/c1-2-5-15(6-7-17)12-13-10-4-3-9(16(18)19)8-11(10)14-12/h3-4,8,17H,2,5-7H2,1H3,(H,13,14). The van der Waals surface area contributed by atoms with Gasteiger partial charge in [0.15, 0.2) is 0 Å². The molecule has 0 saturated carbocycles. The molecule has 0 aliphatic heterocycles. The number of rotatable bonds is 6. The third-order valence-corrected chi connectivity index (χ3v) is 2.83. The van der Waals surface area contributed by atoms with Crippen LogP contribution in [0.2, 0.25) is 0 Å². The smallest absolute Gasteiger partial charge is 0.271 e. The minimum atomic E-state index is -0.433. The van der Waals surface area contributed by atoms with Gasteiger partial charge in [-0.1, -0.05) is 6.92 Å². The van der Waals surface area contributed by atoms with Crippen molar-refractivity contribution in [1.29, 1.82) is 0 Å². The summed E-state index contributed by atoms with van der Waals surface area (Å²) in [6.45, 7) is 3.33. The SMILES string of the molecule is CCCN(CCO)c1nc2ccc([N+](=O)[O-])cc2[nH]1. The Morgan fingerprint density at radius 2 is 2.26 bits per heavy atom. The van der Waals surface area contributed by atoms with Crippen LogP contribution in [0, 0.1) is 10.1 Å². The highest BCUT2D eigenvalue weighted by Crippen LogP contribution is 2.22. The first-order chi connectivity index (χ1) is 9.15. The number of imidazole rings is 1. The van der Waals surface area contributed by atoms with Crippen LogP contribution >= 0.6 is 0 Å². The maximum Gasteiger partial charge on any atom is 0.271 e. The number of nitro benzene ring substituents is 1. The molecule has 0 saturated heterocycles. The summed E-state index contributed by atoms with van der Waals surface area (Å²) in [5, 5.41) is 19.8. The summed E-state index contributed by atoms with van der Waals surface area (Å²) in [6.07, 6.45) is 0.928. The molecule has 0 atom stereocenters. The number of anilines is 1. The van der Waals surface area contributed by atoms with E-state index in [1.54, 1.807) is 6.07 Å². The van der Waals surface area contributed by atoms with Crippen LogP contribution in [-0.4, -0.2) is 39.7 Å². The van der Waals surface area contributed by atoms with E-state index >= 15 is 0 Å². The molecule has 0 aliphatic rings. The zero-order chi connectivity index (χ0) is 13.8. The molecular formula is C12H16N4O3. The van der Waals surface area contributed by atoms with Crippen LogP contribution < -0.4 is 4.90 Å². The third-order valence-electron chi connectivity index (χ3n) is 2.83. The van der Waals surface area contributed by atoms with E-state index in [-0.39, 0.29) is 12.3 Å². The zero-order valence-electron chi connectivity index (χ0n) is 10.7. The van der Waals surface area contributed by atoms with Crippen molar-refractivity contribution in [1.82, 2.24) is 9.97 Å². The molecule has 0 radical (unpaired) electrons. The Hall–Kier alpha value is -2.15. The first-order valence-electron chi connectivity index (χ1n) is 6.15. The van der Waals surface area contributed by atoms with Gasteiger partial charge in [-0.15, -0.1) is 0 Å². The lowest BCUT2D eigenvalue weighted by molar-refractivity contribution is -0.384. The first kappa shape index (κ1) is 13.3. The molecule has 2 N–H and O–H groups in total. The predicted octanol–water partition coefficient (Wildman–Crippen LogP) is 1.68. The van der Waals surface area contributed by atoms with Gasteiger partial charge in [-0.05, 0) is 12.5 Å². The number of fused-ring (bicyclic) bond motifs is 1. The molecule has 0 amide bonds. The third kappa shape index (κ3) is 2.82. The largest absolute Gasteiger partial charge is 0.395 e. The van der Waals surface area contributed by atoms with Crippen molar-refractivity contribution in [2.24, 2.45) is 0 Å². The van der Waals surface area contributed by atoms with Gasteiger partial charge in [-0.3, -0.25) is 10.1 Å². The highest BCUT2D eigenvalue weighted by molar-refractivity contribution is 5.80. The summed E-state index contributed by atoms with van der Waals surface area (Å²) >= 11 is 0. The number of nitrogens with zero attached hydrogens (tertiary/aromatic N) is 3. The van der Waals surface area contributed by atoms with Gasteiger partial charge >= 0.3 is 0 Å². The van der Waals surface area contributed by atoms with Crippen molar-refractivity contribution < 1.29 is 10.0 Å². The van der Waals surface area contributed by atoms with E-state index in [0.29, 0.717) is 23.5 Å². The number of aliphatic hydroxyl groups excluding tert-OH is 1. The number of benzene rings is 1. The van der Waals surface area contributed by atoms with Gasteiger partial charge in [0.2, 0.25) is 5.95 Å². The molecule has 0 spiro atoms. The second-order valence-corrected chi connectivity index (χ2v) is 4.23. The Kier molecular flexibility index (Phi) is 3.96. The van der Waals surface area contributed by atoms with Gasteiger partial charge in [0.05, 0.1) is 22.6 Å². The lowest BCUT2D eigenvalue weighted by Gasteiger charge is -2.19. The highest BCUT2D eigenvalue weighted by atomic mass is 16.6. The quantitative estimate of drug-likeness (QED) is 0.611. The van der Waals surface area contributed by atoms with E-state index in [9.17, 15) is 10.1 Å². The van der Waals surface area contributed by atoms with Crippen molar-refractivity contribution in [2.75, 3.05) is 24.6 Å². The number of aliphatic hydroxyl groups is 1. The monoisotopic (exact) mass is 264 g/mol. The molecule has 7 nitrogen and oxygen atoms in total.